The average Bonchev–Trinajstić information content (AvgIpc) is 2.86. The molecule has 2 aromatic heterocycles. The third-order valence-electron chi connectivity index (χ3n) is 2.49. The minimum absolute atomic E-state index is 0.293. The van der Waals surface area contributed by atoms with Gasteiger partial charge in [-0.15, -0.1) is 11.3 Å². The van der Waals surface area contributed by atoms with Crippen molar-refractivity contribution in [3.05, 3.63) is 27.7 Å². The Morgan fingerprint density at radius 3 is 2.53 bits per heavy atom. The van der Waals surface area contributed by atoms with E-state index in [1.165, 1.54) is 21.3 Å². The van der Waals surface area contributed by atoms with Gasteiger partial charge in [-0.25, -0.2) is 4.98 Å². The number of nitrogens with zero attached hydrogens (tertiary/aromatic N) is 2. The highest BCUT2D eigenvalue weighted by atomic mass is 32.1. The minimum atomic E-state index is 0.293. The Balaban J connectivity index is 2.05. The molecule has 0 fully saturated rings. The van der Waals surface area contributed by atoms with Crippen LogP contribution in [0.5, 0.6) is 0 Å². The molecular weight excluding hydrogens is 250 g/mol. The molecular formula is C12H17N3S2. The summed E-state index contributed by atoms with van der Waals surface area (Å²) in [6, 6.07) is 4.61. The molecule has 3 nitrogen and oxygen atoms in total. The number of rotatable bonds is 4. The second-order valence-electron chi connectivity index (χ2n) is 4.43. The summed E-state index contributed by atoms with van der Waals surface area (Å²) >= 11 is 3.26. The molecule has 1 atom stereocenters. The van der Waals surface area contributed by atoms with Crippen LogP contribution < -0.4 is 5.32 Å². The molecule has 1 N–H and O–H groups in total. The highest BCUT2D eigenvalue weighted by Gasteiger charge is 2.12. The number of nitrogens with one attached hydrogen (secondary N) is 1. The molecule has 0 saturated heterocycles. The second kappa shape index (κ2) is 5.14. The van der Waals surface area contributed by atoms with Crippen molar-refractivity contribution >= 4 is 28.0 Å². The van der Waals surface area contributed by atoms with Crippen molar-refractivity contribution < 1.29 is 0 Å². The summed E-state index contributed by atoms with van der Waals surface area (Å²) < 4.78 is 4.34. The summed E-state index contributed by atoms with van der Waals surface area (Å²) in [5.41, 5.74) is 0. The van der Waals surface area contributed by atoms with Crippen LogP contribution in [0.3, 0.4) is 0 Å². The lowest BCUT2D eigenvalue weighted by Gasteiger charge is -2.09. The maximum atomic E-state index is 4.48. The van der Waals surface area contributed by atoms with E-state index in [1.807, 2.05) is 11.3 Å². The second-order valence-corrected chi connectivity index (χ2v) is 6.50. The van der Waals surface area contributed by atoms with Gasteiger partial charge < -0.3 is 5.32 Å². The van der Waals surface area contributed by atoms with Gasteiger partial charge in [0.05, 0.1) is 6.04 Å². The summed E-state index contributed by atoms with van der Waals surface area (Å²) in [4.78, 5) is 7.16. The van der Waals surface area contributed by atoms with Gasteiger partial charge in [-0.2, -0.15) is 4.37 Å². The smallest absolute Gasteiger partial charge is 0.203 e. The van der Waals surface area contributed by atoms with Crippen LogP contribution in [0.4, 0.5) is 5.13 Å². The van der Waals surface area contributed by atoms with Gasteiger partial charge >= 0.3 is 0 Å². The zero-order chi connectivity index (χ0) is 12.4. The fourth-order valence-electron chi connectivity index (χ4n) is 1.47. The van der Waals surface area contributed by atoms with Crippen LogP contribution in [0.15, 0.2) is 12.1 Å². The fraction of sp³-hybridized carbons (Fsp3) is 0.500. The summed E-state index contributed by atoms with van der Waals surface area (Å²) in [5, 5.41) is 4.31. The molecule has 0 aliphatic rings. The third-order valence-corrected chi connectivity index (χ3v) is 4.33. The van der Waals surface area contributed by atoms with Crippen molar-refractivity contribution in [3.8, 4) is 0 Å². The molecule has 2 heterocycles. The first-order valence-electron chi connectivity index (χ1n) is 5.72. The molecule has 0 amide bonds. The summed E-state index contributed by atoms with van der Waals surface area (Å²) in [6.45, 7) is 8.50. The van der Waals surface area contributed by atoms with Crippen molar-refractivity contribution in [2.75, 3.05) is 5.32 Å². The number of hydrogen-bond donors (Lipinski definition) is 1. The standard InChI is InChI=1S/C12H17N3S2/c1-7(2)11-14-12(17-15-11)13-9(4)10-6-5-8(3)16-10/h5-7,9H,1-4H3,(H,13,14,15). The highest BCUT2D eigenvalue weighted by Crippen LogP contribution is 2.27. The first-order chi connectivity index (χ1) is 8.06. The Morgan fingerprint density at radius 2 is 2.00 bits per heavy atom. The fourth-order valence-corrected chi connectivity index (χ4v) is 3.15. The first-order valence-corrected chi connectivity index (χ1v) is 7.31. The van der Waals surface area contributed by atoms with E-state index in [0.29, 0.717) is 12.0 Å². The lowest BCUT2D eigenvalue weighted by atomic mass is 10.2. The molecule has 5 heteroatoms. The number of hydrogen-bond acceptors (Lipinski definition) is 5. The maximum absolute atomic E-state index is 4.48. The van der Waals surface area contributed by atoms with Crippen molar-refractivity contribution in [2.45, 2.75) is 39.7 Å². The number of anilines is 1. The monoisotopic (exact) mass is 267 g/mol. The SMILES string of the molecule is Cc1ccc(C(C)Nc2nc(C(C)C)ns2)s1. The van der Waals surface area contributed by atoms with Gasteiger partial charge in [0, 0.05) is 27.2 Å². The van der Waals surface area contributed by atoms with Crippen LogP contribution in [0.2, 0.25) is 0 Å². The highest BCUT2D eigenvalue weighted by molar-refractivity contribution is 7.12. The summed E-state index contributed by atoms with van der Waals surface area (Å²) in [7, 11) is 0. The van der Waals surface area contributed by atoms with E-state index in [1.54, 1.807) is 0 Å². The van der Waals surface area contributed by atoms with Crippen molar-refractivity contribution in [1.29, 1.82) is 0 Å². The third kappa shape index (κ3) is 3.04. The normalized spacial score (nSPS) is 13.0. The van der Waals surface area contributed by atoms with E-state index < -0.39 is 0 Å². The van der Waals surface area contributed by atoms with Crippen LogP contribution in [-0.4, -0.2) is 9.36 Å². The maximum Gasteiger partial charge on any atom is 0.203 e. The predicted molar refractivity (Wildman–Crippen MR) is 75.1 cm³/mol. The Hall–Kier alpha value is -0.940. The molecule has 92 valence electrons. The van der Waals surface area contributed by atoms with Crippen molar-refractivity contribution in [2.24, 2.45) is 0 Å². The quantitative estimate of drug-likeness (QED) is 0.902. The van der Waals surface area contributed by atoms with E-state index >= 15 is 0 Å². The molecule has 0 radical (unpaired) electrons. The molecule has 0 bridgehead atoms. The zero-order valence-corrected chi connectivity index (χ0v) is 12.2. The van der Waals surface area contributed by atoms with E-state index in [2.05, 4.69) is 54.5 Å². The van der Waals surface area contributed by atoms with Crippen molar-refractivity contribution in [3.63, 3.8) is 0 Å². The van der Waals surface area contributed by atoms with Gasteiger partial charge in [0.1, 0.15) is 5.82 Å². The van der Waals surface area contributed by atoms with E-state index in [-0.39, 0.29) is 0 Å². The largest absolute Gasteiger partial charge is 0.353 e. The molecule has 0 aromatic carbocycles. The van der Waals surface area contributed by atoms with Gasteiger partial charge in [0.2, 0.25) is 5.13 Å². The van der Waals surface area contributed by atoms with Crippen LogP contribution in [-0.2, 0) is 0 Å². The molecule has 0 spiro atoms. The minimum Gasteiger partial charge on any atom is -0.353 e. The molecule has 2 rings (SSSR count). The number of thiophene rings is 1. The van der Waals surface area contributed by atoms with Crippen LogP contribution >= 0.6 is 22.9 Å². The Kier molecular flexibility index (Phi) is 3.79. The summed E-state index contributed by atoms with van der Waals surface area (Å²) in [5.74, 6) is 1.31. The molecule has 0 saturated carbocycles. The zero-order valence-electron chi connectivity index (χ0n) is 10.5. The predicted octanol–water partition coefficient (Wildman–Crippen LogP) is 4.20. The van der Waals surface area contributed by atoms with Crippen LogP contribution in [0.1, 0.15) is 48.3 Å². The lowest BCUT2D eigenvalue weighted by molar-refractivity contribution is 0.796. The van der Waals surface area contributed by atoms with Gasteiger partial charge in [-0.05, 0) is 26.0 Å². The van der Waals surface area contributed by atoms with Gasteiger partial charge in [-0.3, -0.25) is 0 Å². The molecule has 1 unspecified atom stereocenters. The van der Waals surface area contributed by atoms with E-state index in [9.17, 15) is 0 Å². The van der Waals surface area contributed by atoms with Gasteiger partial charge in [-0.1, -0.05) is 13.8 Å². The Bertz CT molecular complexity index is 487. The van der Waals surface area contributed by atoms with E-state index in [4.69, 9.17) is 0 Å². The van der Waals surface area contributed by atoms with Crippen molar-refractivity contribution in [1.82, 2.24) is 9.36 Å². The van der Waals surface area contributed by atoms with E-state index in [0.717, 1.165) is 11.0 Å². The number of aryl methyl sites for hydroxylation is 1. The van der Waals surface area contributed by atoms with Gasteiger partial charge in [0.15, 0.2) is 0 Å². The summed E-state index contributed by atoms with van der Waals surface area (Å²) in [6.07, 6.45) is 0. The molecule has 17 heavy (non-hydrogen) atoms. The lowest BCUT2D eigenvalue weighted by Crippen LogP contribution is -2.04. The van der Waals surface area contributed by atoms with Crippen LogP contribution in [0, 0.1) is 6.92 Å². The topological polar surface area (TPSA) is 37.8 Å². The molecule has 2 aromatic rings. The Morgan fingerprint density at radius 1 is 1.24 bits per heavy atom. The molecule has 0 aliphatic heterocycles. The Labute approximate surface area is 110 Å². The van der Waals surface area contributed by atoms with Gasteiger partial charge in [0.25, 0.3) is 0 Å². The van der Waals surface area contributed by atoms with Crippen LogP contribution in [0.25, 0.3) is 0 Å². The molecule has 0 aliphatic carbocycles. The average molecular weight is 267 g/mol. The first kappa shape index (κ1) is 12.5. The number of aromatic nitrogens is 2.